The lowest BCUT2D eigenvalue weighted by atomic mass is 10.2. The Morgan fingerprint density at radius 3 is 2.51 bits per heavy atom. The molecule has 180 valence electrons. The van der Waals surface area contributed by atoms with Gasteiger partial charge in [0, 0.05) is 31.9 Å². The summed E-state index contributed by atoms with van der Waals surface area (Å²) in [7, 11) is 1.67. The van der Waals surface area contributed by atoms with Crippen LogP contribution in [-0.4, -0.2) is 64.4 Å². The molecule has 9 heteroatoms. The molecule has 0 atom stereocenters. The molecular formula is C26H27N5O3S. The number of benzene rings is 2. The third kappa shape index (κ3) is 4.64. The van der Waals surface area contributed by atoms with E-state index in [-0.39, 0.29) is 17.2 Å². The Morgan fingerprint density at radius 2 is 1.77 bits per heavy atom. The van der Waals surface area contributed by atoms with E-state index in [1.165, 1.54) is 11.8 Å². The van der Waals surface area contributed by atoms with Gasteiger partial charge in [-0.25, -0.2) is 4.98 Å². The number of thioether (sulfide) groups is 1. The summed E-state index contributed by atoms with van der Waals surface area (Å²) in [6.07, 6.45) is 0. The number of hydrogen-bond acceptors (Lipinski definition) is 6. The molecule has 35 heavy (non-hydrogen) atoms. The van der Waals surface area contributed by atoms with E-state index >= 15 is 0 Å². The van der Waals surface area contributed by atoms with E-state index in [0.717, 1.165) is 35.9 Å². The highest BCUT2D eigenvalue weighted by atomic mass is 32.2. The van der Waals surface area contributed by atoms with E-state index in [0.29, 0.717) is 29.3 Å². The van der Waals surface area contributed by atoms with Crippen LogP contribution < -0.4 is 15.2 Å². The van der Waals surface area contributed by atoms with Gasteiger partial charge in [-0.3, -0.25) is 14.2 Å². The number of nitrogens with zero attached hydrogens (tertiary/aromatic N) is 4. The number of rotatable bonds is 6. The van der Waals surface area contributed by atoms with Crippen molar-refractivity contribution in [2.24, 2.45) is 0 Å². The first-order chi connectivity index (χ1) is 17.0. The Labute approximate surface area is 207 Å². The minimum atomic E-state index is -0.172. The quantitative estimate of drug-likeness (QED) is 0.330. The Balaban J connectivity index is 1.32. The van der Waals surface area contributed by atoms with E-state index in [9.17, 15) is 9.59 Å². The largest absolute Gasteiger partial charge is 0.495 e. The summed E-state index contributed by atoms with van der Waals surface area (Å²) >= 11 is 1.30. The average Bonchev–Trinajstić information content (AvgIpc) is 3.28. The number of aromatic amines is 1. The molecule has 0 spiro atoms. The maximum Gasteiger partial charge on any atom is 0.283 e. The summed E-state index contributed by atoms with van der Waals surface area (Å²) in [6, 6.07) is 19.2. The van der Waals surface area contributed by atoms with E-state index in [2.05, 4.69) is 9.88 Å². The van der Waals surface area contributed by atoms with Gasteiger partial charge in [-0.1, -0.05) is 42.1 Å². The molecule has 3 heterocycles. The minimum Gasteiger partial charge on any atom is -0.495 e. The first-order valence-electron chi connectivity index (χ1n) is 11.5. The number of nitrogens with one attached hydrogen (secondary N) is 1. The van der Waals surface area contributed by atoms with Crippen molar-refractivity contribution in [2.75, 3.05) is 43.9 Å². The van der Waals surface area contributed by atoms with Crippen molar-refractivity contribution in [2.45, 2.75) is 12.1 Å². The maximum absolute atomic E-state index is 13.3. The molecular weight excluding hydrogens is 462 g/mol. The van der Waals surface area contributed by atoms with Gasteiger partial charge in [-0.05, 0) is 37.3 Å². The van der Waals surface area contributed by atoms with Crippen LogP contribution in [0.1, 0.15) is 5.69 Å². The second kappa shape index (κ2) is 9.87. The number of aryl methyl sites for hydroxylation is 1. The second-order valence-electron chi connectivity index (χ2n) is 8.41. The molecule has 0 aliphatic carbocycles. The zero-order valence-electron chi connectivity index (χ0n) is 19.7. The van der Waals surface area contributed by atoms with Crippen molar-refractivity contribution in [1.82, 2.24) is 19.4 Å². The van der Waals surface area contributed by atoms with Gasteiger partial charge in [0.1, 0.15) is 11.3 Å². The first kappa shape index (κ1) is 23.0. The van der Waals surface area contributed by atoms with Gasteiger partial charge in [-0.15, -0.1) is 0 Å². The van der Waals surface area contributed by atoms with Crippen LogP contribution in [0.3, 0.4) is 0 Å². The lowest BCUT2D eigenvalue weighted by Gasteiger charge is -2.36. The highest BCUT2D eigenvalue weighted by molar-refractivity contribution is 7.99. The van der Waals surface area contributed by atoms with Crippen molar-refractivity contribution in [3.63, 3.8) is 0 Å². The van der Waals surface area contributed by atoms with E-state index in [1.54, 1.807) is 11.7 Å². The van der Waals surface area contributed by atoms with Crippen molar-refractivity contribution < 1.29 is 9.53 Å². The molecule has 2 aromatic heterocycles. The van der Waals surface area contributed by atoms with Gasteiger partial charge in [0.05, 0.1) is 29.8 Å². The van der Waals surface area contributed by atoms with Crippen LogP contribution >= 0.6 is 11.8 Å². The Kier molecular flexibility index (Phi) is 6.50. The maximum atomic E-state index is 13.3. The van der Waals surface area contributed by atoms with Gasteiger partial charge in [0.15, 0.2) is 5.16 Å². The van der Waals surface area contributed by atoms with Crippen molar-refractivity contribution >= 4 is 34.4 Å². The molecule has 1 N–H and O–H groups in total. The molecule has 4 aromatic rings. The third-order valence-corrected chi connectivity index (χ3v) is 7.08. The van der Waals surface area contributed by atoms with Crippen LogP contribution in [0.2, 0.25) is 0 Å². The molecule has 0 unspecified atom stereocenters. The van der Waals surface area contributed by atoms with E-state index in [4.69, 9.17) is 9.72 Å². The Bertz CT molecular complexity index is 1410. The molecule has 5 rings (SSSR count). The fourth-order valence-electron chi connectivity index (χ4n) is 4.38. The first-order valence-corrected chi connectivity index (χ1v) is 12.5. The number of fused-ring (bicyclic) bond motifs is 1. The summed E-state index contributed by atoms with van der Waals surface area (Å²) in [6.45, 7) is 4.63. The predicted molar refractivity (Wildman–Crippen MR) is 139 cm³/mol. The summed E-state index contributed by atoms with van der Waals surface area (Å²) in [5.74, 6) is 1.08. The summed E-state index contributed by atoms with van der Waals surface area (Å²) in [4.78, 5) is 38.3. The topological polar surface area (TPSA) is 83.5 Å². The summed E-state index contributed by atoms with van der Waals surface area (Å²) in [5, 5.41) is 0.508. The van der Waals surface area contributed by atoms with Gasteiger partial charge < -0.3 is 19.5 Å². The van der Waals surface area contributed by atoms with Crippen LogP contribution in [-0.2, 0) is 4.79 Å². The SMILES string of the molecule is COc1ccccc1N1CCN(C(=O)CSc2nc3cc(C)[nH]c3c(=O)n2-c2ccccc2)CC1. The number of carbonyl (C=O) groups excluding carboxylic acids is 1. The number of piperazine rings is 1. The fraction of sp³-hybridized carbons (Fsp3) is 0.269. The molecule has 0 bridgehead atoms. The van der Waals surface area contributed by atoms with Crippen molar-refractivity contribution in [3.8, 4) is 11.4 Å². The Morgan fingerprint density at radius 1 is 1.06 bits per heavy atom. The lowest BCUT2D eigenvalue weighted by molar-refractivity contribution is -0.128. The second-order valence-corrected chi connectivity index (χ2v) is 9.35. The highest BCUT2D eigenvalue weighted by Crippen LogP contribution is 2.28. The monoisotopic (exact) mass is 489 g/mol. The standard InChI is InChI=1S/C26H27N5O3S/c1-18-16-20-24(27-18)25(33)31(19-8-4-3-5-9-19)26(28-20)35-17-23(32)30-14-12-29(13-15-30)21-10-6-7-11-22(21)34-2/h3-11,16,27H,12-15,17H2,1-2H3. The van der Waals surface area contributed by atoms with E-state index in [1.807, 2.05) is 72.5 Å². The highest BCUT2D eigenvalue weighted by Gasteiger charge is 2.24. The molecule has 1 aliphatic heterocycles. The zero-order valence-corrected chi connectivity index (χ0v) is 20.5. The number of hydrogen-bond donors (Lipinski definition) is 1. The molecule has 1 aliphatic rings. The number of H-pyrrole nitrogens is 1. The van der Waals surface area contributed by atoms with Gasteiger partial charge in [-0.2, -0.15) is 0 Å². The van der Waals surface area contributed by atoms with Crippen LogP contribution in [0.5, 0.6) is 5.75 Å². The number of ether oxygens (including phenoxy) is 1. The molecule has 8 nitrogen and oxygen atoms in total. The van der Waals surface area contributed by atoms with E-state index < -0.39 is 0 Å². The van der Waals surface area contributed by atoms with Gasteiger partial charge in [0.2, 0.25) is 5.91 Å². The number of anilines is 1. The molecule has 1 fully saturated rings. The van der Waals surface area contributed by atoms with Crippen molar-refractivity contribution in [3.05, 3.63) is 76.7 Å². The summed E-state index contributed by atoms with van der Waals surface area (Å²) < 4.78 is 7.07. The molecule has 0 radical (unpaired) electrons. The lowest BCUT2D eigenvalue weighted by Crippen LogP contribution is -2.49. The smallest absolute Gasteiger partial charge is 0.283 e. The van der Waals surface area contributed by atoms with Crippen molar-refractivity contribution in [1.29, 1.82) is 0 Å². The number of carbonyl (C=O) groups is 1. The molecule has 1 amide bonds. The number of methoxy groups -OCH3 is 1. The normalized spacial score (nSPS) is 13.9. The fourth-order valence-corrected chi connectivity index (χ4v) is 5.30. The number of amides is 1. The molecule has 0 saturated carbocycles. The number of para-hydroxylation sites is 3. The van der Waals surface area contributed by atoms with Gasteiger partial charge >= 0.3 is 0 Å². The van der Waals surface area contributed by atoms with Gasteiger partial charge in [0.25, 0.3) is 5.56 Å². The number of aromatic nitrogens is 3. The minimum absolute atomic E-state index is 0.0360. The summed E-state index contributed by atoms with van der Waals surface area (Å²) in [5.41, 5.74) is 3.54. The van der Waals surface area contributed by atoms with Crippen LogP contribution in [0.4, 0.5) is 5.69 Å². The van der Waals surface area contributed by atoms with Crippen LogP contribution in [0.15, 0.2) is 70.6 Å². The molecule has 2 aromatic carbocycles. The molecule has 1 saturated heterocycles. The zero-order chi connectivity index (χ0) is 24.4. The average molecular weight is 490 g/mol. The third-order valence-electron chi connectivity index (χ3n) is 6.15. The predicted octanol–water partition coefficient (Wildman–Crippen LogP) is 3.47. The van der Waals surface area contributed by atoms with Crippen LogP contribution in [0.25, 0.3) is 16.7 Å². The Hall–Kier alpha value is -3.72. The van der Waals surface area contributed by atoms with Crippen LogP contribution in [0, 0.1) is 6.92 Å².